The molecule has 2 rings (SSSR count). The summed E-state index contributed by atoms with van der Waals surface area (Å²) in [6.07, 6.45) is 4.36. The minimum absolute atomic E-state index is 0.0203. The Kier molecular flexibility index (Phi) is 4.02. The molecule has 2 heterocycles. The zero-order chi connectivity index (χ0) is 14.6. The smallest absolute Gasteiger partial charge is 0.264 e. The molecular weight excluding hydrogens is 278 g/mol. The number of nitrogens with two attached hydrogens (primary N) is 1. The third kappa shape index (κ3) is 3.34. The van der Waals surface area contributed by atoms with Gasteiger partial charge in [-0.1, -0.05) is 11.8 Å². The quantitative estimate of drug-likeness (QED) is 0.770. The molecule has 0 unspecified atom stereocenters. The van der Waals surface area contributed by atoms with Gasteiger partial charge in [-0.05, 0) is 6.07 Å². The summed E-state index contributed by atoms with van der Waals surface area (Å²) < 4.78 is 28.2. The van der Waals surface area contributed by atoms with Crippen molar-refractivity contribution in [1.29, 1.82) is 0 Å². The van der Waals surface area contributed by atoms with E-state index in [1.807, 2.05) is 0 Å². The van der Waals surface area contributed by atoms with Crippen LogP contribution in [0.15, 0.2) is 35.6 Å². The van der Waals surface area contributed by atoms with E-state index in [-0.39, 0.29) is 17.3 Å². The lowest BCUT2D eigenvalue weighted by Gasteiger charge is -2.05. The summed E-state index contributed by atoms with van der Waals surface area (Å²) in [6, 6.07) is 2.99. The van der Waals surface area contributed by atoms with E-state index in [0.29, 0.717) is 5.56 Å². The van der Waals surface area contributed by atoms with Crippen molar-refractivity contribution in [3.8, 4) is 11.8 Å². The van der Waals surface area contributed by atoms with Crippen LogP contribution in [0.3, 0.4) is 0 Å². The van der Waals surface area contributed by atoms with Gasteiger partial charge in [0, 0.05) is 37.3 Å². The minimum Gasteiger partial charge on any atom is -0.320 e. The van der Waals surface area contributed by atoms with Crippen LogP contribution in [-0.4, -0.2) is 29.7 Å². The number of hydrogen-bond donors (Lipinski definition) is 2. The molecule has 0 radical (unpaired) electrons. The fraction of sp³-hybridized carbons (Fsp3) is 0.167. The van der Waals surface area contributed by atoms with Gasteiger partial charge in [-0.15, -0.1) is 0 Å². The normalized spacial score (nSPS) is 10.7. The van der Waals surface area contributed by atoms with Gasteiger partial charge in [0.25, 0.3) is 10.0 Å². The molecule has 7 nitrogen and oxygen atoms in total. The second kappa shape index (κ2) is 5.73. The molecular formula is C12H13N5O2S. The van der Waals surface area contributed by atoms with Crippen LogP contribution in [0.2, 0.25) is 0 Å². The average molecular weight is 291 g/mol. The fourth-order valence-corrected chi connectivity index (χ4v) is 2.44. The number of rotatable bonds is 3. The van der Waals surface area contributed by atoms with Gasteiger partial charge in [-0.2, -0.15) is 5.10 Å². The first-order chi connectivity index (χ1) is 9.51. The van der Waals surface area contributed by atoms with E-state index in [9.17, 15) is 8.42 Å². The van der Waals surface area contributed by atoms with E-state index in [0.717, 1.165) is 0 Å². The van der Waals surface area contributed by atoms with Gasteiger partial charge in [0.05, 0.1) is 6.54 Å². The molecule has 20 heavy (non-hydrogen) atoms. The van der Waals surface area contributed by atoms with Crippen LogP contribution < -0.4 is 10.5 Å². The fourth-order valence-electron chi connectivity index (χ4n) is 1.45. The first-order valence-electron chi connectivity index (χ1n) is 5.68. The van der Waals surface area contributed by atoms with Crippen molar-refractivity contribution in [2.75, 3.05) is 11.3 Å². The first kappa shape index (κ1) is 14.0. The van der Waals surface area contributed by atoms with Crippen molar-refractivity contribution in [1.82, 2.24) is 14.8 Å². The highest BCUT2D eigenvalue weighted by Crippen LogP contribution is 2.14. The summed E-state index contributed by atoms with van der Waals surface area (Å²) in [6.45, 7) is 0.198. The van der Waals surface area contributed by atoms with Gasteiger partial charge < -0.3 is 5.73 Å². The minimum atomic E-state index is -3.73. The van der Waals surface area contributed by atoms with Crippen molar-refractivity contribution in [2.24, 2.45) is 12.8 Å². The van der Waals surface area contributed by atoms with Crippen LogP contribution in [0.1, 0.15) is 5.56 Å². The van der Waals surface area contributed by atoms with Gasteiger partial charge >= 0.3 is 0 Å². The molecule has 0 amide bonds. The van der Waals surface area contributed by atoms with E-state index in [1.165, 1.54) is 23.1 Å². The molecule has 0 aliphatic rings. The summed E-state index contributed by atoms with van der Waals surface area (Å²) in [5.74, 6) is 5.62. The van der Waals surface area contributed by atoms with Crippen molar-refractivity contribution >= 4 is 15.8 Å². The Morgan fingerprint density at radius 1 is 1.45 bits per heavy atom. The van der Waals surface area contributed by atoms with E-state index >= 15 is 0 Å². The third-order valence-electron chi connectivity index (χ3n) is 2.31. The average Bonchev–Trinajstić information content (AvgIpc) is 2.81. The topological polar surface area (TPSA) is 103 Å². The van der Waals surface area contributed by atoms with E-state index in [1.54, 1.807) is 19.3 Å². The Balaban J connectivity index is 2.29. The van der Waals surface area contributed by atoms with Crippen LogP contribution in [0, 0.1) is 11.8 Å². The summed E-state index contributed by atoms with van der Waals surface area (Å²) in [5.41, 5.74) is 5.76. The van der Waals surface area contributed by atoms with Crippen LogP contribution >= 0.6 is 0 Å². The molecule has 0 saturated heterocycles. The number of hydrogen-bond acceptors (Lipinski definition) is 5. The highest BCUT2D eigenvalue weighted by atomic mass is 32.2. The van der Waals surface area contributed by atoms with Crippen LogP contribution in [0.5, 0.6) is 0 Å². The lowest BCUT2D eigenvalue weighted by atomic mass is 10.3. The molecule has 3 N–H and O–H groups in total. The van der Waals surface area contributed by atoms with Crippen molar-refractivity contribution in [3.05, 3.63) is 36.3 Å². The van der Waals surface area contributed by atoms with Crippen molar-refractivity contribution < 1.29 is 8.42 Å². The number of pyridine rings is 1. The van der Waals surface area contributed by atoms with Crippen molar-refractivity contribution in [2.45, 2.75) is 4.90 Å². The lowest BCUT2D eigenvalue weighted by molar-refractivity contribution is 0.600. The molecule has 104 valence electrons. The maximum absolute atomic E-state index is 12.2. The molecule has 0 aliphatic heterocycles. The van der Waals surface area contributed by atoms with Gasteiger partial charge in [0.1, 0.15) is 4.90 Å². The summed E-state index contributed by atoms with van der Waals surface area (Å²) >= 11 is 0. The molecule has 0 atom stereocenters. The number of aromatic nitrogens is 3. The number of sulfonamides is 1. The second-order valence-electron chi connectivity index (χ2n) is 3.90. The molecule has 0 aromatic carbocycles. The van der Waals surface area contributed by atoms with Crippen LogP contribution in [-0.2, 0) is 17.1 Å². The Hall–Kier alpha value is -2.37. The molecule has 0 aliphatic carbocycles. The number of nitrogens with one attached hydrogen (secondary N) is 1. The van der Waals surface area contributed by atoms with Gasteiger partial charge in [0.15, 0.2) is 5.82 Å². The monoisotopic (exact) mass is 291 g/mol. The standard InChI is InChI=1S/C12H13N5O2S/c1-17-6-4-12(15-17)16-20(18,19)11-7-10(3-2-5-13)8-14-9-11/h4,6-9H,5,13H2,1H3,(H,15,16). The zero-order valence-electron chi connectivity index (χ0n) is 10.7. The van der Waals surface area contributed by atoms with Gasteiger partial charge in [-0.25, -0.2) is 8.42 Å². The molecule has 0 saturated carbocycles. The van der Waals surface area contributed by atoms with Crippen LogP contribution in [0.25, 0.3) is 0 Å². The Morgan fingerprint density at radius 2 is 2.25 bits per heavy atom. The Labute approximate surface area is 116 Å². The maximum atomic E-state index is 12.2. The predicted octanol–water partition coefficient (Wildman–Crippen LogP) is -0.0739. The summed E-state index contributed by atoms with van der Waals surface area (Å²) in [5, 5.41) is 3.95. The largest absolute Gasteiger partial charge is 0.320 e. The third-order valence-corrected chi connectivity index (χ3v) is 3.63. The molecule has 0 fully saturated rings. The molecule has 2 aromatic rings. The van der Waals surface area contributed by atoms with E-state index in [4.69, 9.17) is 5.73 Å². The SMILES string of the molecule is Cn1ccc(NS(=O)(=O)c2cncc(C#CCN)c2)n1. The van der Waals surface area contributed by atoms with Crippen molar-refractivity contribution in [3.63, 3.8) is 0 Å². The van der Waals surface area contributed by atoms with E-state index < -0.39 is 10.0 Å². The summed E-state index contributed by atoms with van der Waals surface area (Å²) in [4.78, 5) is 3.88. The van der Waals surface area contributed by atoms with Gasteiger partial charge in [-0.3, -0.25) is 14.4 Å². The van der Waals surface area contributed by atoms with E-state index in [2.05, 4.69) is 26.6 Å². The number of aryl methyl sites for hydroxylation is 1. The van der Waals surface area contributed by atoms with Gasteiger partial charge in [0.2, 0.25) is 0 Å². The number of anilines is 1. The number of nitrogens with zero attached hydrogens (tertiary/aromatic N) is 3. The first-order valence-corrected chi connectivity index (χ1v) is 7.16. The molecule has 0 spiro atoms. The molecule has 0 bridgehead atoms. The Morgan fingerprint density at radius 3 is 2.90 bits per heavy atom. The highest BCUT2D eigenvalue weighted by Gasteiger charge is 2.16. The maximum Gasteiger partial charge on any atom is 0.264 e. The highest BCUT2D eigenvalue weighted by molar-refractivity contribution is 7.92. The summed E-state index contributed by atoms with van der Waals surface area (Å²) in [7, 11) is -2.04. The second-order valence-corrected chi connectivity index (χ2v) is 5.58. The zero-order valence-corrected chi connectivity index (χ0v) is 11.6. The van der Waals surface area contributed by atoms with Crippen LogP contribution in [0.4, 0.5) is 5.82 Å². The predicted molar refractivity (Wildman–Crippen MR) is 74.2 cm³/mol. The molecule has 2 aromatic heterocycles. The lowest BCUT2D eigenvalue weighted by Crippen LogP contribution is -2.14. The molecule has 8 heteroatoms. The Bertz CT molecular complexity index is 770.